The van der Waals surface area contributed by atoms with Crippen molar-refractivity contribution in [3.8, 4) is 5.75 Å². The summed E-state index contributed by atoms with van der Waals surface area (Å²) in [5, 5.41) is 6.93. The number of anilines is 1. The Balaban J connectivity index is 2.04. The highest BCUT2D eigenvalue weighted by atomic mass is 16.5. The molecule has 0 aliphatic heterocycles. The van der Waals surface area contributed by atoms with E-state index in [0.29, 0.717) is 13.0 Å². The fourth-order valence-electron chi connectivity index (χ4n) is 2.68. The summed E-state index contributed by atoms with van der Waals surface area (Å²) in [5.74, 6) is 1.53. The number of ether oxygens (including phenoxy) is 1. The van der Waals surface area contributed by atoms with Crippen molar-refractivity contribution in [2.45, 2.75) is 39.8 Å². The number of hydrogen-bond acceptors (Lipinski definition) is 5. The molecule has 2 rings (SSSR count). The summed E-state index contributed by atoms with van der Waals surface area (Å²) in [6, 6.07) is 7.07. The number of benzene rings is 1. The lowest BCUT2D eigenvalue weighted by Gasteiger charge is -2.26. The van der Waals surface area contributed by atoms with Crippen LogP contribution >= 0.6 is 0 Å². The molecular formula is C18H25N3O3. The molecule has 1 heterocycles. The summed E-state index contributed by atoms with van der Waals surface area (Å²) >= 11 is 0. The highest BCUT2D eigenvalue weighted by Crippen LogP contribution is 2.19. The van der Waals surface area contributed by atoms with E-state index in [4.69, 9.17) is 9.26 Å². The van der Waals surface area contributed by atoms with Crippen molar-refractivity contribution < 1.29 is 14.1 Å². The normalized spacial score (nSPS) is 12.2. The van der Waals surface area contributed by atoms with Gasteiger partial charge in [-0.3, -0.25) is 9.69 Å². The smallest absolute Gasteiger partial charge is 0.241 e. The molecule has 0 saturated carbocycles. The van der Waals surface area contributed by atoms with Gasteiger partial charge < -0.3 is 14.6 Å². The summed E-state index contributed by atoms with van der Waals surface area (Å²) in [5.41, 5.74) is 2.66. The van der Waals surface area contributed by atoms with Crippen molar-refractivity contribution in [3.63, 3.8) is 0 Å². The molecule has 24 heavy (non-hydrogen) atoms. The van der Waals surface area contributed by atoms with Gasteiger partial charge in [-0.25, -0.2) is 0 Å². The molecule has 0 saturated heterocycles. The van der Waals surface area contributed by atoms with Crippen LogP contribution in [0, 0.1) is 13.8 Å². The van der Waals surface area contributed by atoms with Crippen LogP contribution in [0.4, 0.5) is 5.69 Å². The summed E-state index contributed by atoms with van der Waals surface area (Å²) in [7, 11) is 3.55. The maximum absolute atomic E-state index is 12.6. The SMILES string of the molecule is CC[C@@H](C(=O)Nc1ccc(OC)cc1)N(C)Cc1c(C)noc1C. The molecule has 6 heteroatoms. The largest absolute Gasteiger partial charge is 0.497 e. The Bertz CT molecular complexity index is 660. The molecule has 1 N–H and O–H groups in total. The third-order valence-electron chi connectivity index (χ3n) is 4.17. The van der Waals surface area contributed by atoms with Gasteiger partial charge in [-0.2, -0.15) is 0 Å². The summed E-state index contributed by atoms with van der Waals surface area (Å²) in [6.07, 6.45) is 0.710. The van der Waals surface area contributed by atoms with E-state index in [1.54, 1.807) is 7.11 Å². The molecule has 6 nitrogen and oxygen atoms in total. The maximum atomic E-state index is 12.6. The van der Waals surface area contributed by atoms with Gasteiger partial charge in [0.05, 0.1) is 18.8 Å². The second kappa shape index (κ2) is 7.97. The highest BCUT2D eigenvalue weighted by molar-refractivity contribution is 5.94. The monoisotopic (exact) mass is 331 g/mol. The Kier molecular flexibility index (Phi) is 5.98. The molecule has 0 radical (unpaired) electrons. The van der Waals surface area contributed by atoms with Crippen LogP contribution in [-0.4, -0.2) is 36.2 Å². The van der Waals surface area contributed by atoms with E-state index in [2.05, 4.69) is 10.5 Å². The number of nitrogens with one attached hydrogen (secondary N) is 1. The number of methoxy groups -OCH3 is 1. The molecule has 0 unspecified atom stereocenters. The first-order chi connectivity index (χ1) is 11.5. The van der Waals surface area contributed by atoms with Gasteiger partial charge in [0, 0.05) is 17.8 Å². The fourth-order valence-corrected chi connectivity index (χ4v) is 2.68. The summed E-state index contributed by atoms with van der Waals surface area (Å²) < 4.78 is 10.3. The van der Waals surface area contributed by atoms with Gasteiger partial charge in [0.25, 0.3) is 0 Å². The predicted octanol–water partition coefficient (Wildman–Crippen LogP) is 3.15. The molecule has 1 aromatic heterocycles. The topological polar surface area (TPSA) is 67.6 Å². The average molecular weight is 331 g/mol. The van der Waals surface area contributed by atoms with Gasteiger partial charge in [0.1, 0.15) is 11.5 Å². The molecular weight excluding hydrogens is 306 g/mol. The Labute approximate surface area is 142 Å². The van der Waals surface area contributed by atoms with Crippen molar-refractivity contribution in [2.24, 2.45) is 0 Å². The third kappa shape index (κ3) is 4.14. The van der Waals surface area contributed by atoms with E-state index >= 15 is 0 Å². The van der Waals surface area contributed by atoms with Crippen molar-refractivity contribution in [3.05, 3.63) is 41.3 Å². The van der Waals surface area contributed by atoms with E-state index in [9.17, 15) is 4.79 Å². The first-order valence-corrected chi connectivity index (χ1v) is 8.03. The minimum atomic E-state index is -0.235. The van der Waals surface area contributed by atoms with Gasteiger partial charge >= 0.3 is 0 Å². The maximum Gasteiger partial charge on any atom is 0.241 e. The number of carbonyl (C=O) groups excluding carboxylic acids is 1. The van der Waals surface area contributed by atoms with E-state index < -0.39 is 0 Å². The molecule has 1 amide bonds. The highest BCUT2D eigenvalue weighted by Gasteiger charge is 2.23. The summed E-state index contributed by atoms with van der Waals surface area (Å²) in [4.78, 5) is 14.6. The van der Waals surface area contributed by atoms with E-state index in [0.717, 1.165) is 28.5 Å². The summed E-state index contributed by atoms with van der Waals surface area (Å²) in [6.45, 7) is 6.43. The zero-order chi connectivity index (χ0) is 17.7. The molecule has 130 valence electrons. The molecule has 0 bridgehead atoms. The van der Waals surface area contributed by atoms with Gasteiger partial charge in [0.2, 0.25) is 5.91 Å². The number of hydrogen-bond donors (Lipinski definition) is 1. The number of carbonyl (C=O) groups is 1. The number of nitrogens with zero attached hydrogens (tertiary/aromatic N) is 2. The lowest BCUT2D eigenvalue weighted by Crippen LogP contribution is -2.41. The quantitative estimate of drug-likeness (QED) is 0.844. The van der Waals surface area contributed by atoms with Gasteiger partial charge in [-0.05, 0) is 51.6 Å². The van der Waals surface area contributed by atoms with Crippen molar-refractivity contribution >= 4 is 11.6 Å². The van der Waals surface area contributed by atoms with E-state index in [-0.39, 0.29) is 11.9 Å². The molecule has 0 fully saturated rings. The predicted molar refractivity (Wildman–Crippen MR) is 93.1 cm³/mol. The van der Waals surface area contributed by atoms with Crippen LogP contribution in [0.1, 0.15) is 30.4 Å². The Morgan fingerprint density at radius 2 is 2.00 bits per heavy atom. The van der Waals surface area contributed by atoms with Crippen LogP contribution in [0.25, 0.3) is 0 Å². The first kappa shape index (κ1) is 18.0. The Hall–Kier alpha value is -2.34. The number of likely N-dealkylation sites (N-methyl/N-ethyl adjacent to an activating group) is 1. The third-order valence-corrected chi connectivity index (χ3v) is 4.17. The lowest BCUT2D eigenvalue weighted by atomic mass is 10.1. The first-order valence-electron chi connectivity index (χ1n) is 8.03. The van der Waals surface area contributed by atoms with Gasteiger partial charge in [-0.1, -0.05) is 12.1 Å². The van der Waals surface area contributed by atoms with Crippen LogP contribution in [0.2, 0.25) is 0 Å². The van der Waals surface area contributed by atoms with E-state index in [1.165, 1.54) is 0 Å². The van der Waals surface area contributed by atoms with E-state index in [1.807, 2.05) is 57.0 Å². The van der Waals surface area contributed by atoms with Crippen molar-refractivity contribution in [2.75, 3.05) is 19.5 Å². The Morgan fingerprint density at radius 3 is 2.50 bits per heavy atom. The van der Waals surface area contributed by atoms with Gasteiger partial charge in [0.15, 0.2) is 0 Å². The Morgan fingerprint density at radius 1 is 1.33 bits per heavy atom. The zero-order valence-electron chi connectivity index (χ0n) is 14.9. The van der Waals surface area contributed by atoms with Crippen LogP contribution < -0.4 is 10.1 Å². The van der Waals surface area contributed by atoms with Crippen LogP contribution in [0.3, 0.4) is 0 Å². The molecule has 2 aromatic rings. The number of amides is 1. The molecule has 1 atom stereocenters. The molecule has 0 aliphatic rings. The van der Waals surface area contributed by atoms with Crippen LogP contribution in [-0.2, 0) is 11.3 Å². The zero-order valence-corrected chi connectivity index (χ0v) is 14.9. The van der Waals surface area contributed by atoms with Crippen LogP contribution in [0.15, 0.2) is 28.8 Å². The minimum absolute atomic E-state index is 0.0306. The number of aryl methyl sites for hydroxylation is 2. The second-order valence-electron chi connectivity index (χ2n) is 5.86. The van der Waals surface area contributed by atoms with Crippen LogP contribution in [0.5, 0.6) is 5.75 Å². The second-order valence-corrected chi connectivity index (χ2v) is 5.86. The number of aromatic nitrogens is 1. The van der Waals surface area contributed by atoms with Crippen molar-refractivity contribution in [1.29, 1.82) is 0 Å². The molecule has 0 aliphatic carbocycles. The number of rotatable bonds is 7. The minimum Gasteiger partial charge on any atom is -0.497 e. The standard InChI is InChI=1S/C18H25N3O3/c1-6-17(21(4)11-16-12(2)20-24-13(16)3)18(22)19-14-7-9-15(23-5)10-8-14/h7-10,17H,6,11H2,1-5H3,(H,19,22)/t17-/m0/s1. The fraction of sp³-hybridized carbons (Fsp3) is 0.444. The molecule has 1 aromatic carbocycles. The average Bonchev–Trinajstić information content (AvgIpc) is 2.88. The molecule has 0 spiro atoms. The lowest BCUT2D eigenvalue weighted by molar-refractivity contribution is -0.121. The van der Waals surface area contributed by atoms with Gasteiger partial charge in [-0.15, -0.1) is 0 Å². The van der Waals surface area contributed by atoms with Crippen molar-refractivity contribution in [1.82, 2.24) is 10.1 Å².